The first kappa shape index (κ1) is 13.6. The molecule has 0 saturated heterocycles. The summed E-state index contributed by atoms with van der Waals surface area (Å²) in [5.41, 5.74) is 2.95. The van der Waals surface area contributed by atoms with E-state index >= 15 is 0 Å². The van der Waals surface area contributed by atoms with E-state index in [1.165, 1.54) is 24.8 Å². The number of imide groups is 1. The molecule has 2 aliphatic carbocycles. The molecule has 0 radical (unpaired) electrons. The van der Waals surface area contributed by atoms with E-state index in [1.807, 2.05) is 0 Å². The normalized spacial score (nSPS) is 26.3. The summed E-state index contributed by atoms with van der Waals surface area (Å²) in [6, 6.07) is 0. The fourth-order valence-electron chi connectivity index (χ4n) is 4.00. The van der Waals surface area contributed by atoms with E-state index in [0.29, 0.717) is 5.92 Å². The second-order valence-electron chi connectivity index (χ2n) is 6.47. The Hall–Kier alpha value is -1.38. The lowest BCUT2D eigenvalue weighted by molar-refractivity contribution is -0.124. The average Bonchev–Trinajstić information content (AvgIpc) is 2.75. The predicted octanol–water partition coefficient (Wildman–Crippen LogP) is 3.27. The maximum atomic E-state index is 12.2. The molecule has 0 bridgehead atoms. The second kappa shape index (κ2) is 5.55. The monoisotopic (exact) mass is 273 g/mol. The van der Waals surface area contributed by atoms with Crippen LogP contribution in [0.3, 0.4) is 0 Å². The van der Waals surface area contributed by atoms with E-state index in [-0.39, 0.29) is 17.7 Å². The van der Waals surface area contributed by atoms with Gasteiger partial charge >= 0.3 is 0 Å². The molecule has 0 aromatic heterocycles. The highest BCUT2D eigenvalue weighted by molar-refractivity contribution is 6.19. The average molecular weight is 273 g/mol. The molecule has 2 fully saturated rings. The van der Waals surface area contributed by atoms with Crippen LogP contribution in [0.4, 0.5) is 0 Å². The molecule has 3 nitrogen and oxygen atoms in total. The van der Waals surface area contributed by atoms with Gasteiger partial charge in [0.15, 0.2) is 0 Å². The van der Waals surface area contributed by atoms with Crippen molar-refractivity contribution in [2.24, 2.45) is 11.8 Å². The molecule has 0 unspecified atom stereocenters. The lowest BCUT2D eigenvalue weighted by atomic mass is 9.76. The molecule has 0 aromatic rings. The summed E-state index contributed by atoms with van der Waals surface area (Å²) in [6.07, 6.45) is 9.71. The Morgan fingerprint density at radius 1 is 0.800 bits per heavy atom. The van der Waals surface area contributed by atoms with Crippen molar-refractivity contribution in [3.8, 4) is 0 Å². The molecule has 1 heterocycles. The topological polar surface area (TPSA) is 46.2 Å². The number of carbonyl (C=O) groups excluding carboxylic acids is 2. The number of rotatable bonds is 2. The molecule has 3 rings (SSSR count). The molecular weight excluding hydrogens is 250 g/mol. The zero-order chi connectivity index (χ0) is 14.1. The minimum absolute atomic E-state index is 0.110. The second-order valence-corrected chi connectivity index (χ2v) is 6.47. The molecule has 0 spiro atoms. The van der Waals surface area contributed by atoms with Crippen molar-refractivity contribution >= 4 is 11.8 Å². The maximum absolute atomic E-state index is 12.2. The fraction of sp³-hybridized carbons (Fsp3) is 0.647. The lowest BCUT2D eigenvalue weighted by Gasteiger charge is -2.27. The Morgan fingerprint density at radius 2 is 1.30 bits per heavy atom. The van der Waals surface area contributed by atoms with Crippen molar-refractivity contribution in [3.05, 3.63) is 23.3 Å². The summed E-state index contributed by atoms with van der Waals surface area (Å²) in [5, 5.41) is 2.55. The number of hydrogen-bond donors (Lipinski definition) is 1. The van der Waals surface area contributed by atoms with Gasteiger partial charge in [0.1, 0.15) is 0 Å². The minimum Gasteiger partial charge on any atom is -0.289 e. The Balaban J connectivity index is 1.89. The van der Waals surface area contributed by atoms with Gasteiger partial charge in [-0.15, -0.1) is 0 Å². The Kier molecular flexibility index (Phi) is 3.77. The molecule has 0 atom stereocenters. The van der Waals surface area contributed by atoms with Crippen LogP contribution in [0.25, 0.3) is 0 Å². The van der Waals surface area contributed by atoms with Gasteiger partial charge in [-0.2, -0.15) is 0 Å². The van der Waals surface area contributed by atoms with Crippen molar-refractivity contribution in [1.82, 2.24) is 5.32 Å². The van der Waals surface area contributed by atoms with Gasteiger partial charge in [-0.1, -0.05) is 31.4 Å². The van der Waals surface area contributed by atoms with Gasteiger partial charge in [-0.3, -0.25) is 14.9 Å². The third-order valence-corrected chi connectivity index (χ3v) is 5.12. The molecule has 0 aromatic carbocycles. The number of nitrogens with one attached hydrogen (secondary N) is 1. The number of allylic oxidation sites excluding steroid dienone is 1. The van der Waals surface area contributed by atoms with E-state index in [9.17, 15) is 9.59 Å². The van der Waals surface area contributed by atoms with E-state index in [1.54, 1.807) is 0 Å². The molecule has 20 heavy (non-hydrogen) atoms. The Bertz CT molecular complexity index is 473. The SMILES string of the molecule is C=C1CCC(C2=C(C3CCCCC3)C(=O)NC2=O)CC1. The van der Waals surface area contributed by atoms with Gasteiger partial charge in [0, 0.05) is 11.1 Å². The lowest BCUT2D eigenvalue weighted by Crippen LogP contribution is -2.26. The van der Waals surface area contributed by atoms with Crippen molar-refractivity contribution in [1.29, 1.82) is 0 Å². The van der Waals surface area contributed by atoms with Crippen LogP contribution in [0.5, 0.6) is 0 Å². The Labute approximate surface area is 120 Å². The molecule has 2 amide bonds. The summed E-state index contributed by atoms with van der Waals surface area (Å²) in [5.74, 6) is 0.355. The number of amides is 2. The highest BCUT2D eigenvalue weighted by Gasteiger charge is 2.39. The van der Waals surface area contributed by atoms with Crippen molar-refractivity contribution in [2.75, 3.05) is 0 Å². The third-order valence-electron chi connectivity index (χ3n) is 5.12. The molecule has 3 heteroatoms. The molecule has 108 valence electrons. The first-order valence-corrected chi connectivity index (χ1v) is 7.93. The van der Waals surface area contributed by atoms with E-state index in [4.69, 9.17) is 0 Å². The summed E-state index contributed by atoms with van der Waals surface area (Å²) in [7, 11) is 0. The first-order chi connectivity index (χ1) is 9.66. The predicted molar refractivity (Wildman–Crippen MR) is 77.8 cm³/mol. The largest absolute Gasteiger partial charge is 0.289 e. The van der Waals surface area contributed by atoms with Gasteiger partial charge in [0.05, 0.1) is 0 Å². The van der Waals surface area contributed by atoms with Crippen LogP contribution in [0.1, 0.15) is 57.8 Å². The smallest absolute Gasteiger partial charge is 0.254 e. The van der Waals surface area contributed by atoms with Gasteiger partial charge < -0.3 is 0 Å². The van der Waals surface area contributed by atoms with Crippen molar-refractivity contribution in [2.45, 2.75) is 57.8 Å². The van der Waals surface area contributed by atoms with Crippen LogP contribution in [-0.2, 0) is 9.59 Å². The summed E-state index contributed by atoms with van der Waals surface area (Å²) in [6.45, 7) is 4.03. The standard InChI is InChI=1S/C17H23NO2/c1-11-7-9-13(10-8-11)15-14(16(19)18-17(15)20)12-5-3-2-4-6-12/h12-13H,1-10H2,(H,18,19,20). The quantitative estimate of drug-likeness (QED) is 0.620. The third kappa shape index (κ3) is 2.46. The molecule has 1 N–H and O–H groups in total. The summed E-state index contributed by atoms with van der Waals surface area (Å²) >= 11 is 0. The van der Waals surface area contributed by atoms with Gasteiger partial charge in [0.2, 0.25) is 0 Å². The minimum atomic E-state index is -0.118. The van der Waals surface area contributed by atoms with Crippen LogP contribution in [-0.4, -0.2) is 11.8 Å². The van der Waals surface area contributed by atoms with Gasteiger partial charge in [-0.25, -0.2) is 0 Å². The van der Waals surface area contributed by atoms with Crippen LogP contribution in [0.15, 0.2) is 23.3 Å². The van der Waals surface area contributed by atoms with Crippen LogP contribution in [0, 0.1) is 11.8 Å². The van der Waals surface area contributed by atoms with Crippen LogP contribution < -0.4 is 5.32 Å². The molecule has 1 aliphatic heterocycles. The van der Waals surface area contributed by atoms with E-state index in [0.717, 1.165) is 49.7 Å². The van der Waals surface area contributed by atoms with E-state index < -0.39 is 0 Å². The molecular formula is C17H23NO2. The zero-order valence-electron chi connectivity index (χ0n) is 12.0. The van der Waals surface area contributed by atoms with Crippen molar-refractivity contribution in [3.63, 3.8) is 0 Å². The Morgan fingerprint density at radius 3 is 1.85 bits per heavy atom. The van der Waals surface area contributed by atoms with Crippen LogP contribution >= 0.6 is 0 Å². The summed E-state index contributed by atoms with van der Waals surface area (Å²) < 4.78 is 0. The van der Waals surface area contributed by atoms with Crippen LogP contribution in [0.2, 0.25) is 0 Å². The van der Waals surface area contributed by atoms with E-state index in [2.05, 4.69) is 11.9 Å². The fourth-order valence-corrected chi connectivity index (χ4v) is 4.00. The summed E-state index contributed by atoms with van der Waals surface area (Å²) in [4.78, 5) is 24.4. The number of hydrogen-bond acceptors (Lipinski definition) is 2. The van der Waals surface area contributed by atoms with Gasteiger partial charge in [0.25, 0.3) is 11.8 Å². The van der Waals surface area contributed by atoms with Gasteiger partial charge in [-0.05, 0) is 50.4 Å². The zero-order valence-corrected chi connectivity index (χ0v) is 12.0. The first-order valence-electron chi connectivity index (χ1n) is 7.93. The highest BCUT2D eigenvalue weighted by Crippen LogP contribution is 2.40. The molecule has 3 aliphatic rings. The highest BCUT2D eigenvalue weighted by atomic mass is 16.2. The van der Waals surface area contributed by atoms with Crippen molar-refractivity contribution < 1.29 is 9.59 Å². The molecule has 2 saturated carbocycles. The maximum Gasteiger partial charge on any atom is 0.254 e. The number of carbonyl (C=O) groups is 2.